The Labute approximate surface area is 132 Å². The van der Waals surface area contributed by atoms with Crippen LogP contribution in [0.15, 0.2) is 30.5 Å². The van der Waals surface area contributed by atoms with Crippen LogP contribution in [0.2, 0.25) is 0 Å². The Hall–Kier alpha value is -2.41. The van der Waals surface area contributed by atoms with E-state index < -0.39 is 0 Å². The number of rotatable bonds is 5. The van der Waals surface area contributed by atoms with Crippen LogP contribution in [0.5, 0.6) is 11.5 Å². The first-order valence-electron chi connectivity index (χ1n) is 6.84. The van der Waals surface area contributed by atoms with Gasteiger partial charge < -0.3 is 9.84 Å². The molecule has 0 unspecified atom stereocenters. The third kappa shape index (κ3) is 3.43. The first-order chi connectivity index (χ1) is 10.6. The lowest BCUT2D eigenvalue weighted by Crippen LogP contribution is -2.02. The van der Waals surface area contributed by atoms with E-state index in [9.17, 15) is 5.11 Å². The summed E-state index contributed by atoms with van der Waals surface area (Å²) in [7, 11) is 0. The molecule has 3 rings (SSSR count). The number of aryl methyl sites for hydroxylation is 2. The molecule has 3 aromatic rings. The van der Waals surface area contributed by atoms with E-state index in [1.165, 1.54) is 4.88 Å². The molecule has 0 spiro atoms. The number of hydrogen-bond donors (Lipinski definition) is 1. The zero-order chi connectivity index (χ0) is 15.5. The van der Waals surface area contributed by atoms with E-state index in [2.05, 4.69) is 22.2 Å². The van der Waals surface area contributed by atoms with Gasteiger partial charge in [-0.15, -0.1) is 16.4 Å². The van der Waals surface area contributed by atoms with Gasteiger partial charge in [-0.05, 0) is 26.0 Å². The number of hydrogen-bond acceptors (Lipinski definition) is 6. The predicted molar refractivity (Wildman–Crippen MR) is 83.2 cm³/mol. The molecule has 0 saturated heterocycles. The molecule has 0 atom stereocenters. The molecule has 0 aliphatic heterocycles. The summed E-state index contributed by atoms with van der Waals surface area (Å²) in [5.41, 5.74) is 1.75. The van der Waals surface area contributed by atoms with Crippen molar-refractivity contribution >= 4 is 11.3 Å². The lowest BCUT2D eigenvalue weighted by Gasteiger charge is -2.03. The van der Waals surface area contributed by atoms with Crippen LogP contribution in [0, 0.1) is 13.8 Å². The third-order valence-electron chi connectivity index (χ3n) is 3.10. The van der Waals surface area contributed by atoms with Gasteiger partial charge in [-0.3, -0.25) is 0 Å². The van der Waals surface area contributed by atoms with Crippen LogP contribution in [-0.2, 0) is 13.2 Å². The normalized spacial score (nSPS) is 10.8. The van der Waals surface area contributed by atoms with Crippen LogP contribution >= 0.6 is 11.3 Å². The Morgan fingerprint density at radius 2 is 2.18 bits per heavy atom. The highest BCUT2D eigenvalue weighted by atomic mass is 32.1. The number of phenols is 1. The zero-order valence-electron chi connectivity index (χ0n) is 12.4. The summed E-state index contributed by atoms with van der Waals surface area (Å²) in [4.78, 5) is 5.69. The molecule has 6 nitrogen and oxygen atoms in total. The Bertz CT molecular complexity index is 781. The number of nitrogens with zero attached hydrogens (tertiary/aromatic N) is 4. The van der Waals surface area contributed by atoms with Crippen molar-refractivity contribution in [3.05, 3.63) is 51.7 Å². The van der Waals surface area contributed by atoms with E-state index in [0.29, 0.717) is 18.9 Å². The van der Waals surface area contributed by atoms with E-state index in [1.807, 2.05) is 13.1 Å². The molecule has 1 N–H and O–H groups in total. The molecule has 22 heavy (non-hydrogen) atoms. The monoisotopic (exact) mass is 316 g/mol. The Balaban J connectivity index is 1.63. The molecule has 0 bridgehead atoms. The highest BCUT2D eigenvalue weighted by molar-refractivity contribution is 7.11. The van der Waals surface area contributed by atoms with Gasteiger partial charge in [0.1, 0.15) is 23.8 Å². The summed E-state index contributed by atoms with van der Waals surface area (Å²) in [6.45, 7) is 4.97. The second-order valence-corrected chi connectivity index (χ2v) is 6.34. The molecular weight excluding hydrogens is 300 g/mol. The van der Waals surface area contributed by atoms with Gasteiger partial charge in [0.25, 0.3) is 0 Å². The van der Waals surface area contributed by atoms with Gasteiger partial charge in [-0.2, -0.15) is 0 Å². The van der Waals surface area contributed by atoms with Crippen molar-refractivity contribution < 1.29 is 9.84 Å². The summed E-state index contributed by atoms with van der Waals surface area (Å²) < 4.78 is 7.33. The van der Waals surface area contributed by atoms with Crippen LogP contribution in [0.4, 0.5) is 0 Å². The molecule has 2 heterocycles. The fourth-order valence-electron chi connectivity index (χ4n) is 2.08. The van der Waals surface area contributed by atoms with Crippen molar-refractivity contribution in [2.24, 2.45) is 0 Å². The highest BCUT2D eigenvalue weighted by Gasteiger charge is 2.08. The highest BCUT2D eigenvalue weighted by Crippen LogP contribution is 2.19. The van der Waals surface area contributed by atoms with Crippen molar-refractivity contribution in [1.29, 1.82) is 0 Å². The van der Waals surface area contributed by atoms with Crippen LogP contribution < -0.4 is 4.74 Å². The van der Waals surface area contributed by atoms with Gasteiger partial charge >= 0.3 is 0 Å². The second kappa shape index (κ2) is 6.15. The topological polar surface area (TPSA) is 73.1 Å². The van der Waals surface area contributed by atoms with Crippen LogP contribution in [0.1, 0.15) is 21.3 Å². The maximum atomic E-state index is 9.39. The Morgan fingerprint density at radius 3 is 2.91 bits per heavy atom. The van der Waals surface area contributed by atoms with Gasteiger partial charge in [0.2, 0.25) is 0 Å². The minimum atomic E-state index is 0.176. The van der Waals surface area contributed by atoms with E-state index >= 15 is 0 Å². The number of ether oxygens (including phenoxy) is 1. The molecular formula is C15H16N4O2S. The van der Waals surface area contributed by atoms with Crippen molar-refractivity contribution in [1.82, 2.24) is 20.0 Å². The van der Waals surface area contributed by atoms with Gasteiger partial charge in [0.15, 0.2) is 0 Å². The molecule has 1 aromatic carbocycles. The van der Waals surface area contributed by atoms with Crippen LogP contribution in [-0.4, -0.2) is 25.1 Å². The lowest BCUT2D eigenvalue weighted by molar-refractivity contribution is 0.299. The van der Waals surface area contributed by atoms with Gasteiger partial charge in [0, 0.05) is 10.9 Å². The Morgan fingerprint density at radius 1 is 1.32 bits per heavy atom. The van der Waals surface area contributed by atoms with E-state index in [0.717, 1.165) is 16.4 Å². The molecule has 0 aliphatic carbocycles. The second-order valence-electron chi connectivity index (χ2n) is 4.93. The molecule has 0 amide bonds. The van der Waals surface area contributed by atoms with Crippen LogP contribution in [0.3, 0.4) is 0 Å². The molecule has 2 aromatic heterocycles. The largest absolute Gasteiger partial charge is 0.508 e. The van der Waals surface area contributed by atoms with Crippen molar-refractivity contribution in [2.45, 2.75) is 27.0 Å². The molecule has 0 fully saturated rings. The molecule has 0 saturated carbocycles. The quantitative estimate of drug-likeness (QED) is 0.783. The average Bonchev–Trinajstić information content (AvgIpc) is 3.04. The Kier molecular flexibility index (Phi) is 4.06. The maximum Gasteiger partial charge on any atom is 0.134 e. The standard InChI is InChI=1S/C15H16N4O2S/c1-10-15(16-11(2)22-10)8-19-7-12(17-18-19)9-21-14-5-3-4-13(20)6-14/h3-7,20H,8-9H2,1-2H3. The summed E-state index contributed by atoms with van der Waals surface area (Å²) in [5, 5.41) is 18.6. The number of thiazole rings is 1. The van der Waals surface area contributed by atoms with E-state index in [1.54, 1.807) is 40.3 Å². The molecule has 7 heteroatoms. The molecule has 0 radical (unpaired) electrons. The zero-order valence-corrected chi connectivity index (χ0v) is 13.2. The molecule has 0 aliphatic rings. The maximum absolute atomic E-state index is 9.39. The van der Waals surface area contributed by atoms with Crippen molar-refractivity contribution in [2.75, 3.05) is 0 Å². The van der Waals surface area contributed by atoms with Gasteiger partial charge in [-0.1, -0.05) is 11.3 Å². The average molecular weight is 316 g/mol. The summed E-state index contributed by atoms with van der Waals surface area (Å²) in [5.74, 6) is 0.774. The molecule has 114 valence electrons. The fourth-order valence-corrected chi connectivity index (χ4v) is 2.91. The van der Waals surface area contributed by atoms with Crippen LogP contribution in [0.25, 0.3) is 0 Å². The minimum Gasteiger partial charge on any atom is -0.508 e. The number of benzene rings is 1. The first kappa shape index (κ1) is 14.5. The summed E-state index contributed by atoms with van der Waals surface area (Å²) >= 11 is 1.68. The minimum absolute atomic E-state index is 0.176. The number of aromatic nitrogens is 4. The SMILES string of the molecule is Cc1nc(Cn2cc(COc3cccc(O)c3)nn2)c(C)s1. The van der Waals surface area contributed by atoms with Crippen molar-refractivity contribution in [3.63, 3.8) is 0 Å². The lowest BCUT2D eigenvalue weighted by atomic mass is 10.3. The van der Waals surface area contributed by atoms with E-state index in [4.69, 9.17) is 4.74 Å². The number of phenolic OH excluding ortho intramolecular Hbond substituents is 1. The first-order valence-corrected chi connectivity index (χ1v) is 7.65. The third-order valence-corrected chi connectivity index (χ3v) is 4.03. The van der Waals surface area contributed by atoms with E-state index in [-0.39, 0.29) is 5.75 Å². The van der Waals surface area contributed by atoms with Gasteiger partial charge in [-0.25, -0.2) is 9.67 Å². The fraction of sp³-hybridized carbons (Fsp3) is 0.267. The summed E-state index contributed by atoms with van der Waals surface area (Å²) in [6, 6.07) is 6.67. The smallest absolute Gasteiger partial charge is 0.134 e. The number of aromatic hydroxyl groups is 1. The van der Waals surface area contributed by atoms with Crippen molar-refractivity contribution in [3.8, 4) is 11.5 Å². The predicted octanol–water partition coefficient (Wildman–Crippen LogP) is 2.68. The summed E-state index contributed by atoms with van der Waals surface area (Å²) in [6.07, 6.45) is 1.84. The van der Waals surface area contributed by atoms with Gasteiger partial charge in [0.05, 0.1) is 23.4 Å².